The number of ether oxygens (including phenoxy) is 2. The van der Waals surface area contributed by atoms with Crippen LogP contribution in [0.2, 0.25) is 0 Å². The molecule has 5 rings (SSSR count). The predicted octanol–water partition coefficient (Wildman–Crippen LogP) is 4.54. The third-order valence-corrected chi connectivity index (χ3v) is 6.97. The molecule has 0 unspecified atom stereocenters. The molecule has 3 aromatic carbocycles. The third-order valence-electron chi connectivity index (χ3n) is 4.50. The van der Waals surface area contributed by atoms with E-state index in [1.54, 1.807) is 29.5 Å². The molecule has 0 atom stereocenters. The lowest BCUT2D eigenvalue weighted by atomic mass is 10.2. The lowest BCUT2D eigenvalue weighted by Gasteiger charge is -2.19. The van der Waals surface area contributed by atoms with Gasteiger partial charge in [0.25, 0.3) is 10.0 Å². The van der Waals surface area contributed by atoms with E-state index in [0.717, 1.165) is 20.8 Å². The second-order valence-electron chi connectivity index (χ2n) is 6.48. The highest BCUT2D eigenvalue weighted by Gasteiger charge is 2.19. The van der Waals surface area contributed by atoms with E-state index in [1.165, 1.54) is 12.1 Å². The number of sulfonamides is 1. The summed E-state index contributed by atoms with van der Waals surface area (Å²) in [6.45, 7) is 0.857. The van der Waals surface area contributed by atoms with E-state index in [1.807, 2.05) is 36.4 Å². The van der Waals surface area contributed by atoms with Crippen molar-refractivity contribution in [2.75, 3.05) is 17.9 Å². The van der Waals surface area contributed by atoms with Crippen molar-refractivity contribution < 1.29 is 17.9 Å². The molecule has 0 radical (unpaired) electrons. The average molecular weight is 425 g/mol. The second kappa shape index (κ2) is 7.06. The number of hydrogen-bond acceptors (Lipinski definition) is 6. The number of nitrogens with one attached hydrogen (secondary N) is 1. The Bertz CT molecular complexity index is 1270. The quantitative estimate of drug-likeness (QED) is 0.521. The van der Waals surface area contributed by atoms with Crippen LogP contribution in [0.4, 0.5) is 5.69 Å². The van der Waals surface area contributed by atoms with Crippen molar-refractivity contribution >= 4 is 37.3 Å². The van der Waals surface area contributed by atoms with Crippen LogP contribution in [0.15, 0.2) is 71.6 Å². The molecule has 0 spiro atoms. The molecule has 0 aliphatic carbocycles. The Kier molecular flexibility index (Phi) is 4.37. The summed E-state index contributed by atoms with van der Waals surface area (Å²) in [5, 5.41) is 0.896. The lowest BCUT2D eigenvalue weighted by molar-refractivity contribution is 0.171. The van der Waals surface area contributed by atoms with Crippen molar-refractivity contribution in [2.45, 2.75) is 4.90 Å². The summed E-state index contributed by atoms with van der Waals surface area (Å²) in [5.41, 5.74) is 2.37. The van der Waals surface area contributed by atoms with Gasteiger partial charge in [0, 0.05) is 17.3 Å². The van der Waals surface area contributed by atoms with Crippen molar-refractivity contribution in [3.63, 3.8) is 0 Å². The number of anilines is 1. The van der Waals surface area contributed by atoms with Crippen LogP contribution in [-0.4, -0.2) is 26.6 Å². The van der Waals surface area contributed by atoms with Gasteiger partial charge in [-0.05, 0) is 48.5 Å². The van der Waals surface area contributed by atoms with Crippen LogP contribution in [0.3, 0.4) is 0 Å². The molecule has 0 fully saturated rings. The SMILES string of the molecule is O=S(=O)(Nc1ccc(-c2nc3ccccc3s2)cc1)c1ccc2c(c1)OCCO2. The van der Waals surface area contributed by atoms with E-state index in [2.05, 4.69) is 9.71 Å². The van der Waals surface area contributed by atoms with E-state index >= 15 is 0 Å². The summed E-state index contributed by atoms with van der Waals surface area (Å²) >= 11 is 1.60. The zero-order valence-corrected chi connectivity index (χ0v) is 16.8. The fourth-order valence-electron chi connectivity index (χ4n) is 3.08. The average Bonchev–Trinajstić information content (AvgIpc) is 3.18. The maximum atomic E-state index is 12.7. The Labute approximate surface area is 171 Å². The molecule has 2 heterocycles. The Morgan fingerprint density at radius 2 is 1.66 bits per heavy atom. The number of aromatic nitrogens is 1. The van der Waals surface area contributed by atoms with Gasteiger partial charge in [0.15, 0.2) is 11.5 Å². The zero-order valence-electron chi connectivity index (χ0n) is 15.2. The smallest absolute Gasteiger partial charge is 0.262 e. The summed E-state index contributed by atoms with van der Waals surface area (Å²) in [6, 6.07) is 19.7. The van der Waals surface area contributed by atoms with E-state index in [9.17, 15) is 8.42 Å². The Morgan fingerprint density at radius 3 is 2.45 bits per heavy atom. The highest BCUT2D eigenvalue weighted by atomic mass is 32.2. The molecular formula is C21H16N2O4S2. The van der Waals surface area contributed by atoms with Crippen LogP contribution in [0, 0.1) is 0 Å². The van der Waals surface area contributed by atoms with Gasteiger partial charge in [-0.1, -0.05) is 12.1 Å². The molecule has 0 amide bonds. The first-order valence-electron chi connectivity index (χ1n) is 8.97. The van der Waals surface area contributed by atoms with Gasteiger partial charge < -0.3 is 9.47 Å². The number of hydrogen-bond donors (Lipinski definition) is 1. The zero-order chi connectivity index (χ0) is 19.8. The number of thiazole rings is 1. The molecule has 1 aliphatic rings. The Morgan fingerprint density at radius 1 is 0.897 bits per heavy atom. The predicted molar refractivity (Wildman–Crippen MR) is 113 cm³/mol. The largest absolute Gasteiger partial charge is 0.486 e. The number of para-hydroxylation sites is 1. The van der Waals surface area contributed by atoms with E-state index in [4.69, 9.17) is 9.47 Å². The van der Waals surface area contributed by atoms with Gasteiger partial charge in [0.1, 0.15) is 18.2 Å². The fraction of sp³-hybridized carbons (Fsp3) is 0.0952. The molecule has 1 aliphatic heterocycles. The minimum atomic E-state index is -3.74. The van der Waals surface area contributed by atoms with E-state index in [0.29, 0.717) is 30.4 Å². The number of nitrogens with zero attached hydrogens (tertiary/aromatic N) is 1. The number of rotatable bonds is 4. The highest BCUT2D eigenvalue weighted by molar-refractivity contribution is 7.92. The Balaban J connectivity index is 1.38. The van der Waals surface area contributed by atoms with Gasteiger partial charge in [-0.15, -0.1) is 11.3 Å². The van der Waals surface area contributed by atoms with Crippen LogP contribution >= 0.6 is 11.3 Å². The third kappa shape index (κ3) is 3.52. The molecule has 0 saturated carbocycles. The van der Waals surface area contributed by atoms with Crippen molar-refractivity contribution in [3.8, 4) is 22.1 Å². The maximum absolute atomic E-state index is 12.7. The molecule has 29 heavy (non-hydrogen) atoms. The molecule has 146 valence electrons. The van der Waals surface area contributed by atoms with Gasteiger partial charge in [-0.25, -0.2) is 13.4 Å². The van der Waals surface area contributed by atoms with Crippen LogP contribution in [0.5, 0.6) is 11.5 Å². The van der Waals surface area contributed by atoms with Crippen molar-refractivity contribution in [1.82, 2.24) is 4.98 Å². The lowest BCUT2D eigenvalue weighted by Crippen LogP contribution is -2.17. The van der Waals surface area contributed by atoms with Crippen molar-refractivity contribution in [1.29, 1.82) is 0 Å². The van der Waals surface area contributed by atoms with Crippen LogP contribution in [0.1, 0.15) is 0 Å². The molecule has 0 saturated heterocycles. The number of benzene rings is 3. The second-order valence-corrected chi connectivity index (χ2v) is 9.19. The first-order chi connectivity index (χ1) is 14.1. The summed E-state index contributed by atoms with van der Waals surface area (Å²) in [5.74, 6) is 0.987. The molecule has 1 aromatic heterocycles. The van der Waals surface area contributed by atoms with Gasteiger partial charge in [-0.2, -0.15) is 0 Å². The first-order valence-corrected chi connectivity index (χ1v) is 11.3. The number of fused-ring (bicyclic) bond motifs is 2. The molecule has 4 aromatic rings. The van der Waals surface area contributed by atoms with Crippen LogP contribution < -0.4 is 14.2 Å². The molecule has 1 N–H and O–H groups in total. The van der Waals surface area contributed by atoms with Crippen LogP contribution in [0.25, 0.3) is 20.8 Å². The Hall–Kier alpha value is -3.10. The normalized spacial score (nSPS) is 13.4. The molecular weight excluding hydrogens is 408 g/mol. The highest BCUT2D eigenvalue weighted by Crippen LogP contribution is 2.33. The molecule has 0 bridgehead atoms. The van der Waals surface area contributed by atoms with E-state index in [-0.39, 0.29) is 4.90 Å². The van der Waals surface area contributed by atoms with Gasteiger partial charge >= 0.3 is 0 Å². The minimum absolute atomic E-state index is 0.122. The molecule has 6 nitrogen and oxygen atoms in total. The van der Waals surface area contributed by atoms with Crippen molar-refractivity contribution in [2.24, 2.45) is 0 Å². The summed E-state index contributed by atoms with van der Waals surface area (Å²) in [6.07, 6.45) is 0. The molecule has 8 heteroatoms. The van der Waals surface area contributed by atoms with Gasteiger partial charge in [-0.3, -0.25) is 4.72 Å². The van der Waals surface area contributed by atoms with Crippen LogP contribution in [-0.2, 0) is 10.0 Å². The first kappa shape index (κ1) is 18.0. The maximum Gasteiger partial charge on any atom is 0.262 e. The van der Waals surface area contributed by atoms with E-state index < -0.39 is 10.0 Å². The standard InChI is InChI=1S/C21H16N2O4S2/c24-29(25,16-9-10-18-19(13-16)27-12-11-26-18)23-15-7-5-14(6-8-15)21-22-17-3-1-2-4-20(17)28-21/h1-10,13,23H,11-12H2. The van der Waals surface area contributed by atoms with Crippen molar-refractivity contribution in [3.05, 3.63) is 66.7 Å². The summed E-state index contributed by atoms with van der Waals surface area (Å²) in [4.78, 5) is 4.75. The summed E-state index contributed by atoms with van der Waals surface area (Å²) in [7, 11) is -3.74. The van der Waals surface area contributed by atoms with Gasteiger partial charge in [0.2, 0.25) is 0 Å². The fourth-order valence-corrected chi connectivity index (χ4v) is 5.13. The van der Waals surface area contributed by atoms with Gasteiger partial charge in [0.05, 0.1) is 15.1 Å². The monoisotopic (exact) mass is 424 g/mol. The summed E-state index contributed by atoms with van der Waals surface area (Å²) < 4.78 is 40.1. The topological polar surface area (TPSA) is 77.5 Å². The minimum Gasteiger partial charge on any atom is -0.486 e.